The van der Waals surface area contributed by atoms with Crippen molar-refractivity contribution in [1.82, 2.24) is 0 Å². The normalized spacial score (nSPS) is 11.0. The van der Waals surface area contributed by atoms with Crippen LogP contribution in [0.25, 0.3) is 0 Å². The molecule has 2 aromatic carbocycles. The van der Waals surface area contributed by atoms with Crippen LogP contribution >= 0.6 is 11.3 Å². The number of anilines is 1. The Morgan fingerprint density at radius 2 is 1.55 bits per heavy atom. The van der Waals surface area contributed by atoms with Crippen molar-refractivity contribution in [2.75, 3.05) is 11.9 Å². The smallest absolute Gasteiger partial charge is 0.228 e. The highest BCUT2D eigenvalue weighted by Gasteiger charge is 2.13. The van der Waals surface area contributed by atoms with Crippen molar-refractivity contribution in [3.8, 4) is 5.75 Å². The van der Waals surface area contributed by atoms with E-state index in [-0.39, 0.29) is 5.91 Å². The van der Waals surface area contributed by atoms with E-state index in [1.54, 1.807) is 11.3 Å². The second-order valence-corrected chi connectivity index (χ2v) is 11.1. The van der Waals surface area contributed by atoms with E-state index >= 15 is 0 Å². The number of hydrogen-bond donors (Lipinski definition) is 1. The van der Waals surface area contributed by atoms with Crippen molar-refractivity contribution in [1.29, 1.82) is 0 Å². The molecule has 0 spiro atoms. The second kappa shape index (κ2) is 17.8. The molecule has 0 aliphatic carbocycles. The quantitative estimate of drug-likeness (QED) is 0.123. The number of nitrogens with one attached hydrogen (secondary N) is 1. The third-order valence-electron chi connectivity index (χ3n) is 7.04. The molecule has 0 aliphatic heterocycles. The fourth-order valence-corrected chi connectivity index (χ4v) is 5.52. The molecule has 0 saturated carbocycles. The van der Waals surface area contributed by atoms with Crippen molar-refractivity contribution >= 4 is 22.9 Å². The molecule has 0 radical (unpaired) electrons. The summed E-state index contributed by atoms with van der Waals surface area (Å²) >= 11 is 1.69. The Labute approximate surface area is 234 Å². The molecule has 0 atom stereocenters. The predicted octanol–water partition coefficient (Wildman–Crippen LogP) is 8.65. The average molecular weight is 536 g/mol. The average Bonchev–Trinajstić information content (AvgIpc) is 3.32. The van der Waals surface area contributed by atoms with Crippen molar-refractivity contribution < 1.29 is 14.1 Å². The number of hydrogen-bond acceptors (Lipinski definition) is 3. The summed E-state index contributed by atoms with van der Waals surface area (Å²) in [5.41, 5.74) is 6.27. The summed E-state index contributed by atoms with van der Waals surface area (Å²) in [6.45, 7) is 5.86. The Balaban J connectivity index is 1.32. The van der Waals surface area contributed by atoms with Crippen LogP contribution in [0.15, 0.2) is 59.4 Å². The van der Waals surface area contributed by atoms with Crippen LogP contribution in [-0.2, 0) is 17.8 Å². The fourth-order valence-electron chi connectivity index (χ4n) is 4.74. The lowest BCUT2D eigenvalue weighted by Crippen LogP contribution is -2.34. The first-order valence-corrected chi connectivity index (χ1v) is 15.6. The third-order valence-corrected chi connectivity index (χ3v) is 7.90. The number of aryl methyl sites for hydroxylation is 1. The van der Waals surface area contributed by atoms with Gasteiger partial charge in [0.2, 0.25) is 11.4 Å². The number of ether oxygens (including phenoxy) is 1. The molecule has 1 amide bonds. The summed E-state index contributed by atoms with van der Waals surface area (Å²) in [7, 11) is 0. The topological polar surface area (TPSA) is 42.2 Å². The van der Waals surface area contributed by atoms with Gasteiger partial charge in [0.25, 0.3) is 0 Å². The number of rotatable bonds is 19. The van der Waals surface area contributed by atoms with Gasteiger partial charge in [-0.2, -0.15) is 4.57 Å². The summed E-state index contributed by atoms with van der Waals surface area (Å²) in [4.78, 5) is 12.8. The van der Waals surface area contributed by atoms with Gasteiger partial charge in [-0.05, 0) is 30.2 Å². The lowest BCUT2D eigenvalue weighted by molar-refractivity contribution is -0.689. The van der Waals surface area contributed by atoms with E-state index < -0.39 is 0 Å². The zero-order chi connectivity index (χ0) is 26.8. The Kier molecular flexibility index (Phi) is 14.0. The summed E-state index contributed by atoms with van der Waals surface area (Å²) < 4.78 is 8.20. The van der Waals surface area contributed by atoms with E-state index in [0.717, 1.165) is 42.1 Å². The SMILES string of the molecule is CCCCCCCCCCCCCCOc1cccc(CC(=O)Nc2ccccc2C[n+]2cscc2C)c1. The molecule has 1 heterocycles. The number of para-hydroxylation sites is 1. The standard InChI is InChI=1S/C33H46N2O2S/c1-3-4-5-6-7-8-9-10-11-12-13-16-22-37-31-20-17-18-29(23-31)24-33(36)34-32-21-15-14-19-30(32)25-35-27-38-26-28(35)2/h14-15,17-21,23,26-27H,3-13,16,22,24-25H2,1-2H3/p+1. The summed E-state index contributed by atoms with van der Waals surface area (Å²) in [6.07, 6.45) is 16.4. The lowest BCUT2D eigenvalue weighted by Gasteiger charge is -2.11. The molecule has 0 saturated heterocycles. The number of aromatic nitrogens is 1. The van der Waals surface area contributed by atoms with Crippen LogP contribution in [0.5, 0.6) is 5.75 Å². The van der Waals surface area contributed by atoms with Gasteiger partial charge in [0, 0.05) is 12.5 Å². The van der Waals surface area contributed by atoms with Crippen LogP contribution in [-0.4, -0.2) is 12.5 Å². The van der Waals surface area contributed by atoms with Crippen molar-refractivity contribution in [2.24, 2.45) is 0 Å². The Morgan fingerprint density at radius 3 is 2.24 bits per heavy atom. The van der Waals surface area contributed by atoms with Gasteiger partial charge < -0.3 is 10.1 Å². The third kappa shape index (κ3) is 11.4. The Bertz CT molecular complexity index is 1080. The van der Waals surface area contributed by atoms with Gasteiger partial charge in [-0.25, -0.2) is 0 Å². The Morgan fingerprint density at radius 1 is 0.868 bits per heavy atom. The van der Waals surface area contributed by atoms with Crippen molar-refractivity contribution in [3.05, 3.63) is 76.2 Å². The first-order valence-electron chi connectivity index (χ1n) is 14.7. The maximum absolute atomic E-state index is 12.8. The maximum Gasteiger partial charge on any atom is 0.228 e. The maximum atomic E-state index is 12.8. The number of nitrogens with zero attached hydrogens (tertiary/aromatic N) is 1. The highest BCUT2D eigenvalue weighted by atomic mass is 32.1. The number of thiazole rings is 1. The van der Waals surface area contributed by atoms with E-state index in [9.17, 15) is 4.79 Å². The van der Waals surface area contributed by atoms with E-state index in [1.165, 1.54) is 76.3 Å². The van der Waals surface area contributed by atoms with Gasteiger partial charge in [0.05, 0.1) is 24.1 Å². The molecule has 5 heteroatoms. The Hall–Kier alpha value is -2.66. The molecular formula is C33H47N2O2S+. The van der Waals surface area contributed by atoms with E-state index in [2.05, 4.69) is 40.7 Å². The molecule has 1 aromatic heterocycles. The number of amides is 1. The number of unbranched alkanes of at least 4 members (excludes halogenated alkanes) is 11. The minimum Gasteiger partial charge on any atom is -0.494 e. The predicted molar refractivity (Wildman–Crippen MR) is 160 cm³/mol. The first-order chi connectivity index (χ1) is 18.7. The number of carbonyl (C=O) groups is 1. The molecular weight excluding hydrogens is 488 g/mol. The zero-order valence-corrected chi connectivity index (χ0v) is 24.4. The molecule has 4 nitrogen and oxygen atoms in total. The van der Waals surface area contributed by atoms with Gasteiger partial charge in [-0.15, -0.1) is 0 Å². The molecule has 1 N–H and O–H groups in total. The van der Waals surface area contributed by atoms with E-state index in [4.69, 9.17) is 4.74 Å². The minimum absolute atomic E-state index is 0.0115. The first kappa shape index (κ1) is 29.9. The molecule has 38 heavy (non-hydrogen) atoms. The largest absolute Gasteiger partial charge is 0.494 e. The van der Waals surface area contributed by atoms with Gasteiger partial charge >= 0.3 is 0 Å². The van der Waals surface area contributed by atoms with Gasteiger partial charge in [0.15, 0.2) is 12.2 Å². The molecule has 206 valence electrons. The molecule has 0 fully saturated rings. The monoisotopic (exact) mass is 535 g/mol. The summed E-state index contributed by atoms with van der Waals surface area (Å²) in [5, 5.41) is 5.25. The van der Waals surface area contributed by atoms with Crippen LogP contribution in [0.1, 0.15) is 101 Å². The summed E-state index contributed by atoms with van der Waals surface area (Å²) in [5.74, 6) is 0.839. The molecule has 0 bridgehead atoms. The minimum atomic E-state index is -0.0115. The molecule has 0 unspecified atom stereocenters. The van der Waals surface area contributed by atoms with Gasteiger partial charge in [-0.1, -0.05) is 119 Å². The molecule has 3 aromatic rings. The molecule has 0 aliphatic rings. The highest BCUT2D eigenvalue weighted by Crippen LogP contribution is 2.18. The van der Waals surface area contributed by atoms with E-state index in [1.807, 2.05) is 42.5 Å². The van der Waals surface area contributed by atoms with Crippen LogP contribution in [0.4, 0.5) is 5.69 Å². The number of benzene rings is 2. The highest BCUT2D eigenvalue weighted by molar-refractivity contribution is 7.07. The van der Waals surface area contributed by atoms with Crippen molar-refractivity contribution in [3.63, 3.8) is 0 Å². The van der Waals surface area contributed by atoms with Crippen LogP contribution in [0.3, 0.4) is 0 Å². The van der Waals surface area contributed by atoms with Crippen LogP contribution in [0.2, 0.25) is 0 Å². The second-order valence-electron chi connectivity index (χ2n) is 10.4. The fraction of sp³-hybridized carbons (Fsp3) is 0.515. The van der Waals surface area contributed by atoms with Gasteiger partial charge in [0.1, 0.15) is 5.75 Å². The van der Waals surface area contributed by atoms with Crippen LogP contribution in [0, 0.1) is 6.92 Å². The molecule has 3 rings (SSSR count). The van der Waals surface area contributed by atoms with Gasteiger partial charge in [-0.3, -0.25) is 4.79 Å². The zero-order valence-electron chi connectivity index (χ0n) is 23.6. The summed E-state index contributed by atoms with van der Waals surface area (Å²) in [6, 6.07) is 16.0. The number of carbonyl (C=O) groups excluding carboxylic acids is 1. The van der Waals surface area contributed by atoms with Crippen LogP contribution < -0.4 is 14.6 Å². The lowest BCUT2D eigenvalue weighted by atomic mass is 10.1. The van der Waals surface area contributed by atoms with E-state index in [0.29, 0.717) is 6.42 Å². The van der Waals surface area contributed by atoms with Crippen molar-refractivity contribution in [2.45, 2.75) is 104 Å².